The van der Waals surface area contributed by atoms with Crippen LogP contribution < -0.4 is 10.6 Å². The van der Waals surface area contributed by atoms with E-state index in [1.807, 2.05) is 0 Å². The van der Waals surface area contributed by atoms with E-state index in [0.29, 0.717) is 31.2 Å². The maximum Gasteiger partial charge on any atom is 0.211 e. The first kappa shape index (κ1) is 17.6. The van der Waals surface area contributed by atoms with Gasteiger partial charge in [-0.2, -0.15) is 4.31 Å². The van der Waals surface area contributed by atoms with Gasteiger partial charge < -0.3 is 15.4 Å². The van der Waals surface area contributed by atoms with E-state index in [-0.39, 0.29) is 6.10 Å². The van der Waals surface area contributed by atoms with Crippen LogP contribution in [0.5, 0.6) is 0 Å². The lowest BCUT2D eigenvalue weighted by Gasteiger charge is -2.43. The summed E-state index contributed by atoms with van der Waals surface area (Å²) in [6.45, 7) is 4.57. The highest BCUT2D eigenvalue weighted by Gasteiger charge is 2.36. The third-order valence-electron chi connectivity index (χ3n) is 5.92. The summed E-state index contributed by atoms with van der Waals surface area (Å²) in [4.78, 5) is 0. The summed E-state index contributed by atoms with van der Waals surface area (Å²) in [5, 5.41) is 7.09. The van der Waals surface area contributed by atoms with Crippen molar-refractivity contribution in [1.29, 1.82) is 0 Å². The molecule has 0 amide bonds. The Bertz CT molecular complexity index is 481. The number of nitrogens with one attached hydrogen (secondary N) is 2. The molecule has 1 saturated carbocycles. The molecule has 1 atom stereocenters. The second kappa shape index (κ2) is 7.35. The summed E-state index contributed by atoms with van der Waals surface area (Å²) in [5.74, 6) is 0. The van der Waals surface area contributed by atoms with Crippen molar-refractivity contribution in [2.75, 3.05) is 45.6 Å². The molecule has 7 heteroatoms. The lowest BCUT2D eigenvalue weighted by atomic mass is 9.67. The smallest absolute Gasteiger partial charge is 0.211 e. The molecule has 3 aliphatic rings. The van der Waals surface area contributed by atoms with Gasteiger partial charge in [-0.3, -0.25) is 0 Å². The molecule has 23 heavy (non-hydrogen) atoms. The van der Waals surface area contributed by atoms with E-state index < -0.39 is 10.0 Å². The zero-order valence-corrected chi connectivity index (χ0v) is 15.0. The van der Waals surface area contributed by atoms with Crippen LogP contribution in [-0.4, -0.2) is 70.5 Å². The summed E-state index contributed by atoms with van der Waals surface area (Å²) in [5.41, 5.74) is 0.595. The van der Waals surface area contributed by atoms with Crippen LogP contribution >= 0.6 is 0 Å². The summed E-state index contributed by atoms with van der Waals surface area (Å²) in [6, 6.07) is 0.563. The molecule has 2 N–H and O–H groups in total. The summed E-state index contributed by atoms with van der Waals surface area (Å²) >= 11 is 0. The third-order valence-corrected chi connectivity index (χ3v) is 7.18. The molecule has 0 unspecified atom stereocenters. The molecular formula is C16H31N3O3S. The monoisotopic (exact) mass is 345 g/mol. The van der Waals surface area contributed by atoms with Crippen molar-refractivity contribution in [1.82, 2.24) is 14.9 Å². The first-order chi connectivity index (χ1) is 11.0. The van der Waals surface area contributed by atoms with Crippen molar-refractivity contribution < 1.29 is 13.2 Å². The van der Waals surface area contributed by atoms with Gasteiger partial charge in [-0.05, 0) is 57.0 Å². The molecule has 0 radical (unpaired) electrons. The largest absolute Gasteiger partial charge is 0.374 e. The quantitative estimate of drug-likeness (QED) is 0.779. The maximum absolute atomic E-state index is 11.7. The minimum Gasteiger partial charge on any atom is -0.374 e. The van der Waals surface area contributed by atoms with Crippen LogP contribution in [0.1, 0.15) is 38.5 Å². The lowest BCUT2D eigenvalue weighted by Crippen LogP contribution is -2.50. The molecule has 3 rings (SSSR count). The average molecular weight is 346 g/mol. The molecule has 0 aromatic carbocycles. The molecular weight excluding hydrogens is 314 g/mol. The number of hydrogen-bond acceptors (Lipinski definition) is 5. The lowest BCUT2D eigenvalue weighted by molar-refractivity contribution is -0.00320. The van der Waals surface area contributed by atoms with Crippen LogP contribution in [0.15, 0.2) is 0 Å². The highest BCUT2D eigenvalue weighted by molar-refractivity contribution is 7.88. The van der Waals surface area contributed by atoms with Gasteiger partial charge in [-0.1, -0.05) is 0 Å². The maximum atomic E-state index is 11.7. The van der Waals surface area contributed by atoms with E-state index in [1.54, 1.807) is 0 Å². The number of sulfonamides is 1. The van der Waals surface area contributed by atoms with Gasteiger partial charge in [0, 0.05) is 25.7 Å². The van der Waals surface area contributed by atoms with E-state index in [1.165, 1.54) is 62.2 Å². The van der Waals surface area contributed by atoms with Gasteiger partial charge >= 0.3 is 0 Å². The molecule has 3 fully saturated rings. The van der Waals surface area contributed by atoms with Crippen LogP contribution in [0.3, 0.4) is 0 Å². The molecule has 2 heterocycles. The minimum absolute atomic E-state index is 0.0201. The van der Waals surface area contributed by atoms with Gasteiger partial charge in [-0.15, -0.1) is 0 Å². The number of hydrogen-bond donors (Lipinski definition) is 2. The van der Waals surface area contributed by atoms with Crippen molar-refractivity contribution in [3.63, 3.8) is 0 Å². The molecule has 6 nitrogen and oxygen atoms in total. The molecule has 0 aromatic rings. The fourth-order valence-corrected chi connectivity index (χ4v) is 5.15. The Hall–Kier alpha value is -0.210. The van der Waals surface area contributed by atoms with Crippen molar-refractivity contribution in [2.24, 2.45) is 5.41 Å². The molecule has 1 spiro atoms. The van der Waals surface area contributed by atoms with E-state index >= 15 is 0 Å². The van der Waals surface area contributed by atoms with E-state index in [2.05, 4.69) is 10.6 Å². The van der Waals surface area contributed by atoms with Gasteiger partial charge in [0.2, 0.25) is 10.0 Å². The topological polar surface area (TPSA) is 70.7 Å². The van der Waals surface area contributed by atoms with Gasteiger partial charge in [0.1, 0.15) is 0 Å². The van der Waals surface area contributed by atoms with Crippen molar-refractivity contribution in [3.05, 3.63) is 0 Å². The van der Waals surface area contributed by atoms with Crippen molar-refractivity contribution in [2.45, 2.75) is 50.7 Å². The Labute approximate surface area is 140 Å². The summed E-state index contributed by atoms with van der Waals surface area (Å²) in [7, 11) is -3.10. The fraction of sp³-hybridized carbons (Fsp3) is 1.00. The first-order valence-corrected chi connectivity index (χ1v) is 10.8. The van der Waals surface area contributed by atoms with Crippen LogP contribution in [-0.2, 0) is 14.8 Å². The molecule has 0 bridgehead atoms. The van der Waals surface area contributed by atoms with Gasteiger partial charge in [0.15, 0.2) is 0 Å². The van der Waals surface area contributed by atoms with Gasteiger partial charge in [0.05, 0.1) is 19.0 Å². The SMILES string of the molecule is CS(=O)(=O)N1CCO[C@H](CNC2CCC3(CCNCC3)CC2)C1. The number of ether oxygens (including phenoxy) is 1. The Morgan fingerprint density at radius 3 is 2.57 bits per heavy atom. The Morgan fingerprint density at radius 2 is 1.91 bits per heavy atom. The Morgan fingerprint density at radius 1 is 1.22 bits per heavy atom. The second-order valence-electron chi connectivity index (χ2n) is 7.55. The number of morpholine rings is 1. The Balaban J connectivity index is 1.41. The van der Waals surface area contributed by atoms with Crippen LogP contribution in [0.2, 0.25) is 0 Å². The molecule has 134 valence electrons. The predicted molar refractivity (Wildman–Crippen MR) is 91.0 cm³/mol. The van der Waals surface area contributed by atoms with E-state index in [9.17, 15) is 8.42 Å². The molecule has 1 aliphatic carbocycles. The number of piperidine rings is 1. The van der Waals surface area contributed by atoms with Crippen molar-refractivity contribution in [3.8, 4) is 0 Å². The van der Waals surface area contributed by atoms with E-state index in [4.69, 9.17) is 4.74 Å². The third kappa shape index (κ3) is 4.66. The normalized spacial score (nSPS) is 30.6. The average Bonchev–Trinajstić information content (AvgIpc) is 2.55. The summed E-state index contributed by atoms with van der Waals surface area (Å²) < 4.78 is 30.6. The highest BCUT2D eigenvalue weighted by atomic mass is 32.2. The fourth-order valence-electron chi connectivity index (χ4n) is 4.31. The zero-order valence-electron chi connectivity index (χ0n) is 14.2. The Kier molecular flexibility index (Phi) is 5.63. The molecule has 0 aromatic heterocycles. The van der Waals surface area contributed by atoms with Crippen LogP contribution in [0.4, 0.5) is 0 Å². The zero-order chi connectivity index (χ0) is 16.3. The van der Waals surface area contributed by atoms with Crippen LogP contribution in [0, 0.1) is 5.41 Å². The number of nitrogens with zero attached hydrogens (tertiary/aromatic N) is 1. The van der Waals surface area contributed by atoms with Gasteiger partial charge in [-0.25, -0.2) is 8.42 Å². The predicted octanol–water partition coefficient (Wildman–Crippen LogP) is 0.549. The summed E-state index contributed by atoms with van der Waals surface area (Å²) in [6.07, 6.45) is 9.05. The van der Waals surface area contributed by atoms with Gasteiger partial charge in [0.25, 0.3) is 0 Å². The molecule has 2 aliphatic heterocycles. The molecule has 2 saturated heterocycles. The first-order valence-electron chi connectivity index (χ1n) is 8.98. The second-order valence-corrected chi connectivity index (χ2v) is 9.53. The number of rotatable bonds is 4. The minimum atomic E-state index is -3.10. The highest BCUT2D eigenvalue weighted by Crippen LogP contribution is 2.43. The van der Waals surface area contributed by atoms with Crippen molar-refractivity contribution >= 4 is 10.0 Å². The standard InChI is InChI=1S/C16H31N3O3S/c1-23(20,21)19-10-11-22-15(13-19)12-18-14-2-4-16(5-3-14)6-8-17-9-7-16/h14-15,17-18H,2-13H2,1H3/t15-/m1/s1. The van der Waals surface area contributed by atoms with E-state index in [0.717, 1.165) is 6.54 Å². The van der Waals surface area contributed by atoms with Crippen LogP contribution in [0.25, 0.3) is 0 Å².